The third kappa shape index (κ3) is 6.15. The van der Waals surface area contributed by atoms with Crippen molar-refractivity contribution in [2.45, 2.75) is 57.3 Å². The number of fused-ring (bicyclic) bond motifs is 1. The third-order valence-corrected chi connectivity index (χ3v) is 8.54. The topological polar surface area (TPSA) is 90.2 Å². The number of carboxylic acid groups (broad SMARTS) is 1. The molecule has 3 rings (SSSR count). The number of hydrogen-bond acceptors (Lipinski definition) is 5. The number of aliphatic carboxylic acids is 1. The smallest absolute Gasteiger partial charge is 0.341 e. The first-order chi connectivity index (χ1) is 15.7. The van der Waals surface area contributed by atoms with E-state index in [2.05, 4.69) is 18.7 Å². The van der Waals surface area contributed by atoms with Crippen LogP contribution < -0.4 is 9.64 Å². The number of carbonyl (C=O) groups is 1. The Kier molecular flexibility index (Phi) is 8.56. The van der Waals surface area contributed by atoms with Crippen molar-refractivity contribution in [3.8, 4) is 5.75 Å². The molecule has 1 heterocycles. The maximum Gasteiger partial charge on any atom is 0.341 e. The van der Waals surface area contributed by atoms with Gasteiger partial charge < -0.3 is 14.7 Å². The third-order valence-electron chi connectivity index (χ3n) is 6.20. The molecule has 2 aromatic rings. The summed E-state index contributed by atoms with van der Waals surface area (Å²) in [7, 11) is -3.19. The highest BCUT2D eigenvalue weighted by Gasteiger charge is 2.42. The molecule has 0 radical (unpaired) electrons. The van der Waals surface area contributed by atoms with Gasteiger partial charge in [-0.15, -0.1) is 0 Å². The van der Waals surface area contributed by atoms with Crippen molar-refractivity contribution in [3.05, 3.63) is 47.5 Å². The fraction of sp³-hybridized carbons (Fsp3) is 0.480. The second-order valence-electron chi connectivity index (χ2n) is 8.87. The maximum atomic E-state index is 11.5. The van der Waals surface area contributed by atoms with Crippen LogP contribution in [0.25, 0.3) is 0 Å². The normalized spacial score (nSPS) is 17.7. The van der Waals surface area contributed by atoms with Gasteiger partial charge >= 0.3 is 5.97 Å². The molecule has 0 saturated heterocycles. The lowest BCUT2D eigenvalue weighted by Gasteiger charge is -2.42. The summed E-state index contributed by atoms with van der Waals surface area (Å²) < 4.78 is 28.4. The highest BCUT2D eigenvalue weighted by Crippen LogP contribution is 2.62. The van der Waals surface area contributed by atoms with Crippen LogP contribution in [-0.4, -0.2) is 39.1 Å². The van der Waals surface area contributed by atoms with Crippen molar-refractivity contribution in [2.75, 3.05) is 23.8 Å². The number of rotatable bonds is 10. The number of carboxylic acids is 1. The zero-order chi connectivity index (χ0) is 24.1. The average molecular weight is 496 g/mol. The van der Waals surface area contributed by atoms with E-state index in [0.717, 1.165) is 44.2 Å². The van der Waals surface area contributed by atoms with Crippen molar-refractivity contribution in [2.24, 2.45) is 5.41 Å². The van der Waals surface area contributed by atoms with E-state index in [1.165, 1.54) is 6.07 Å². The summed E-state index contributed by atoms with van der Waals surface area (Å²) in [6.45, 7) is 4.39. The molecule has 0 unspecified atom stereocenters. The van der Waals surface area contributed by atoms with Gasteiger partial charge in [-0.2, -0.15) is 10.6 Å². The molecule has 0 spiro atoms. The monoisotopic (exact) mass is 495 g/mol. The van der Waals surface area contributed by atoms with Crippen molar-refractivity contribution in [1.29, 1.82) is 0 Å². The van der Waals surface area contributed by atoms with Crippen LogP contribution in [0.15, 0.2) is 47.4 Å². The predicted molar refractivity (Wildman–Crippen MR) is 135 cm³/mol. The molecule has 0 fully saturated rings. The minimum atomic E-state index is -3.19. The largest absolute Gasteiger partial charge is 0.480 e. The molecular formula is C25H34ClNO5S. The second-order valence-corrected chi connectivity index (χ2v) is 11.3. The van der Waals surface area contributed by atoms with E-state index in [4.69, 9.17) is 21.4 Å². The number of para-hydroxylation sites is 1. The van der Waals surface area contributed by atoms with Gasteiger partial charge in [0, 0.05) is 29.5 Å². The zero-order valence-corrected chi connectivity index (χ0v) is 20.9. The highest BCUT2D eigenvalue weighted by atomic mass is 35.5. The molecule has 33 heavy (non-hydrogen) atoms. The summed E-state index contributed by atoms with van der Waals surface area (Å²) in [6, 6.07) is 13.1. The first-order valence-electron chi connectivity index (χ1n) is 11.5. The Balaban J connectivity index is 2.17. The number of anilines is 2. The van der Waals surface area contributed by atoms with Gasteiger partial charge in [0.05, 0.1) is 15.6 Å². The molecule has 0 aromatic heterocycles. The van der Waals surface area contributed by atoms with Crippen LogP contribution in [-0.2, 0) is 4.79 Å². The van der Waals surface area contributed by atoms with Gasteiger partial charge in [0.25, 0.3) is 0 Å². The maximum absolute atomic E-state index is 11.5. The summed E-state index contributed by atoms with van der Waals surface area (Å²) in [4.78, 5) is 13.5. The van der Waals surface area contributed by atoms with Crippen molar-refractivity contribution in [1.82, 2.24) is 0 Å². The summed E-state index contributed by atoms with van der Waals surface area (Å²) in [5, 5.41) is 9.24. The number of unbranched alkanes of at least 4 members (excludes halogenated alkanes) is 2. The van der Waals surface area contributed by atoms with Crippen LogP contribution in [0.5, 0.6) is 5.75 Å². The lowest BCUT2D eigenvalue weighted by molar-refractivity contribution is -0.139. The van der Waals surface area contributed by atoms with Crippen LogP contribution >= 0.6 is 22.2 Å². The van der Waals surface area contributed by atoms with Crippen LogP contribution in [0.2, 0.25) is 5.02 Å². The minimum absolute atomic E-state index is 0.139. The quantitative estimate of drug-likeness (QED) is 0.317. The summed E-state index contributed by atoms with van der Waals surface area (Å²) in [5.74, 6) is -0.729. The molecule has 182 valence electrons. The van der Waals surface area contributed by atoms with Gasteiger partial charge in [-0.25, -0.2) is 4.79 Å². The Morgan fingerprint density at radius 1 is 1.12 bits per heavy atom. The molecule has 0 saturated carbocycles. The fourth-order valence-corrected chi connectivity index (χ4v) is 6.99. The van der Waals surface area contributed by atoms with E-state index in [-0.39, 0.29) is 21.9 Å². The Morgan fingerprint density at radius 3 is 2.33 bits per heavy atom. The van der Waals surface area contributed by atoms with Gasteiger partial charge in [0.1, 0.15) is 5.75 Å². The van der Waals surface area contributed by atoms with Gasteiger partial charge in [0.2, 0.25) is 0 Å². The zero-order valence-electron chi connectivity index (χ0n) is 19.3. The molecule has 0 atom stereocenters. The molecule has 3 N–H and O–H groups in total. The molecular weight excluding hydrogens is 462 g/mol. The van der Waals surface area contributed by atoms with Gasteiger partial charge in [0.15, 0.2) is 6.61 Å². The molecule has 2 aromatic carbocycles. The van der Waals surface area contributed by atoms with Gasteiger partial charge in [-0.3, -0.25) is 9.11 Å². The van der Waals surface area contributed by atoms with Gasteiger partial charge in [-0.05, 0) is 31.0 Å². The molecule has 0 bridgehead atoms. The van der Waals surface area contributed by atoms with Crippen molar-refractivity contribution >= 4 is 39.5 Å². The van der Waals surface area contributed by atoms with E-state index in [1.54, 1.807) is 6.07 Å². The van der Waals surface area contributed by atoms with Crippen LogP contribution in [0.4, 0.5) is 11.4 Å². The predicted octanol–water partition coefficient (Wildman–Crippen LogP) is 7.43. The number of hydrogen-bond donors (Lipinski definition) is 3. The van der Waals surface area contributed by atoms with Crippen molar-refractivity contribution < 1.29 is 23.7 Å². The van der Waals surface area contributed by atoms with E-state index < -0.39 is 23.2 Å². The van der Waals surface area contributed by atoms with Crippen molar-refractivity contribution in [3.63, 3.8) is 0 Å². The number of benzene rings is 2. The molecule has 0 amide bonds. The second kappa shape index (κ2) is 11.0. The summed E-state index contributed by atoms with van der Waals surface area (Å²) in [5.41, 5.74) is 1.29. The van der Waals surface area contributed by atoms with Gasteiger partial charge in [-0.1, -0.05) is 69.3 Å². The number of ether oxygens (including phenoxy) is 1. The summed E-state index contributed by atoms with van der Waals surface area (Å²) >= 11 is 6.48. The first kappa shape index (κ1) is 25.7. The molecule has 6 nitrogen and oxygen atoms in total. The Hall–Kier alpha value is -1.93. The minimum Gasteiger partial charge on any atom is -0.480 e. The Labute approximate surface area is 202 Å². The van der Waals surface area contributed by atoms with E-state index in [9.17, 15) is 13.9 Å². The summed E-state index contributed by atoms with van der Waals surface area (Å²) in [6.07, 6.45) is 5.87. The van der Waals surface area contributed by atoms with E-state index >= 15 is 0 Å². The standard InChI is InChI=1S/C25H34ClNO5S/c1-3-5-12-25(13-6-4-2)17-27(19-10-8-7-9-11-19)21-14-20(26)22(32-16-24(28)29)15-23(21)33(30,31)18-25/h7-11,14-15,30-31H,3-6,12-13,16-18H2,1-2H3,(H,28,29). The lowest BCUT2D eigenvalue weighted by Crippen LogP contribution is -2.37. The Bertz CT molecular complexity index is 945. The highest BCUT2D eigenvalue weighted by molar-refractivity contribution is 8.24. The van der Waals surface area contributed by atoms with Crippen LogP contribution in [0.3, 0.4) is 0 Å². The van der Waals surface area contributed by atoms with Crippen LogP contribution in [0.1, 0.15) is 52.4 Å². The van der Waals surface area contributed by atoms with E-state index in [0.29, 0.717) is 17.1 Å². The van der Waals surface area contributed by atoms with E-state index in [1.807, 2.05) is 30.3 Å². The molecule has 1 aliphatic rings. The first-order valence-corrected chi connectivity index (χ1v) is 13.6. The Morgan fingerprint density at radius 2 is 1.76 bits per heavy atom. The number of nitrogens with zero attached hydrogens (tertiary/aromatic N) is 1. The average Bonchev–Trinajstić information content (AvgIpc) is 2.87. The molecule has 1 aliphatic heterocycles. The lowest BCUT2D eigenvalue weighted by atomic mass is 9.79. The fourth-order valence-electron chi connectivity index (χ4n) is 4.59. The SMILES string of the molecule is CCCCC1(CCCC)CN(c2ccccc2)c2cc(Cl)c(OCC(=O)O)cc2S(O)(O)C1. The number of halogens is 1. The van der Waals surface area contributed by atoms with Crippen LogP contribution in [0, 0.1) is 5.41 Å². The molecule has 0 aliphatic carbocycles. The molecule has 8 heteroatoms.